The zero-order valence-electron chi connectivity index (χ0n) is 10.8. The minimum atomic E-state index is 0.203. The van der Waals surface area contributed by atoms with Crippen molar-refractivity contribution in [2.24, 2.45) is 0 Å². The van der Waals surface area contributed by atoms with E-state index in [1.165, 1.54) is 12.8 Å². The first-order chi connectivity index (χ1) is 8.69. The largest absolute Gasteiger partial charge is 0.453 e. The summed E-state index contributed by atoms with van der Waals surface area (Å²) >= 11 is 3.32. The summed E-state index contributed by atoms with van der Waals surface area (Å²) in [6, 6.07) is 4.46. The maximum atomic E-state index is 9.21. The van der Waals surface area contributed by atoms with Gasteiger partial charge in [0.05, 0.1) is 13.2 Å². The SMILES string of the molecule is CN1CCC(N(CCO)Cc2ccc(Br)o2)CC1. The molecule has 102 valence electrons. The van der Waals surface area contributed by atoms with Gasteiger partial charge in [0.1, 0.15) is 5.76 Å². The van der Waals surface area contributed by atoms with Gasteiger partial charge >= 0.3 is 0 Å². The van der Waals surface area contributed by atoms with Gasteiger partial charge in [-0.3, -0.25) is 4.90 Å². The molecule has 0 bridgehead atoms. The molecule has 1 aromatic rings. The van der Waals surface area contributed by atoms with Crippen LogP contribution in [0.5, 0.6) is 0 Å². The van der Waals surface area contributed by atoms with E-state index in [0.29, 0.717) is 12.6 Å². The number of rotatable bonds is 5. The van der Waals surface area contributed by atoms with E-state index in [-0.39, 0.29) is 6.61 Å². The lowest BCUT2D eigenvalue weighted by atomic mass is 10.0. The molecule has 4 nitrogen and oxygen atoms in total. The van der Waals surface area contributed by atoms with E-state index < -0.39 is 0 Å². The molecule has 1 aliphatic heterocycles. The number of piperidine rings is 1. The van der Waals surface area contributed by atoms with Crippen molar-refractivity contribution in [3.63, 3.8) is 0 Å². The van der Waals surface area contributed by atoms with Gasteiger partial charge in [-0.05, 0) is 61.0 Å². The van der Waals surface area contributed by atoms with Gasteiger partial charge in [0.25, 0.3) is 0 Å². The molecule has 0 atom stereocenters. The monoisotopic (exact) mass is 316 g/mol. The fourth-order valence-corrected chi connectivity index (χ4v) is 2.86. The summed E-state index contributed by atoms with van der Waals surface area (Å²) < 4.78 is 6.32. The Balaban J connectivity index is 1.94. The summed E-state index contributed by atoms with van der Waals surface area (Å²) in [5.74, 6) is 0.953. The van der Waals surface area contributed by atoms with Gasteiger partial charge in [0, 0.05) is 12.6 Å². The van der Waals surface area contributed by atoms with Crippen LogP contribution in [-0.2, 0) is 6.54 Å². The van der Waals surface area contributed by atoms with Crippen molar-refractivity contribution in [3.05, 3.63) is 22.6 Å². The third-order valence-corrected chi connectivity index (χ3v) is 4.01. The molecule has 18 heavy (non-hydrogen) atoms. The lowest BCUT2D eigenvalue weighted by molar-refractivity contribution is 0.0880. The second-order valence-electron chi connectivity index (χ2n) is 4.93. The van der Waals surface area contributed by atoms with Gasteiger partial charge in [-0.15, -0.1) is 0 Å². The molecule has 2 heterocycles. The van der Waals surface area contributed by atoms with Gasteiger partial charge in [-0.1, -0.05) is 0 Å². The minimum absolute atomic E-state index is 0.203. The fraction of sp³-hybridized carbons (Fsp3) is 0.692. The van der Waals surface area contributed by atoms with Crippen LogP contribution in [0.25, 0.3) is 0 Å². The van der Waals surface area contributed by atoms with Gasteiger partial charge in [0.15, 0.2) is 4.67 Å². The lowest BCUT2D eigenvalue weighted by Crippen LogP contribution is -2.44. The summed E-state index contributed by atoms with van der Waals surface area (Å²) in [5, 5.41) is 9.21. The summed E-state index contributed by atoms with van der Waals surface area (Å²) in [6.45, 7) is 3.96. The van der Waals surface area contributed by atoms with Crippen LogP contribution in [0.4, 0.5) is 0 Å². The van der Waals surface area contributed by atoms with Crippen molar-refractivity contribution >= 4 is 15.9 Å². The Labute approximate surface area is 117 Å². The molecule has 0 amide bonds. The van der Waals surface area contributed by atoms with Crippen LogP contribution < -0.4 is 0 Å². The number of hydrogen-bond acceptors (Lipinski definition) is 4. The topological polar surface area (TPSA) is 39.9 Å². The first-order valence-corrected chi connectivity index (χ1v) is 7.26. The summed E-state index contributed by atoms with van der Waals surface area (Å²) in [5.41, 5.74) is 0. The van der Waals surface area contributed by atoms with Crippen LogP contribution in [0, 0.1) is 0 Å². The average molecular weight is 317 g/mol. The average Bonchev–Trinajstić information content (AvgIpc) is 2.75. The van der Waals surface area contributed by atoms with Crippen molar-refractivity contribution in [1.29, 1.82) is 0 Å². The van der Waals surface area contributed by atoms with E-state index >= 15 is 0 Å². The van der Waals surface area contributed by atoms with Crippen molar-refractivity contribution < 1.29 is 9.52 Å². The summed E-state index contributed by atoms with van der Waals surface area (Å²) in [6.07, 6.45) is 2.33. The molecule has 1 saturated heterocycles. The van der Waals surface area contributed by atoms with Crippen molar-refractivity contribution in [2.75, 3.05) is 33.3 Å². The molecule has 1 N–H and O–H groups in total. The molecule has 0 saturated carbocycles. The molecular weight excluding hydrogens is 296 g/mol. The van der Waals surface area contributed by atoms with Crippen molar-refractivity contribution in [3.8, 4) is 0 Å². The Kier molecular flexibility index (Phi) is 5.24. The first kappa shape index (κ1) is 14.1. The van der Waals surface area contributed by atoms with Crippen LogP contribution in [0.2, 0.25) is 0 Å². The Morgan fingerprint density at radius 2 is 2.17 bits per heavy atom. The van der Waals surface area contributed by atoms with Gasteiger partial charge < -0.3 is 14.4 Å². The van der Waals surface area contributed by atoms with Crippen molar-refractivity contribution in [2.45, 2.75) is 25.4 Å². The third-order valence-electron chi connectivity index (χ3n) is 3.58. The Hall–Kier alpha value is -0.360. The van der Waals surface area contributed by atoms with Crippen LogP contribution >= 0.6 is 15.9 Å². The van der Waals surface area contributed by atoms with E-state index in [4.69, 9.17) is 4.42 Å². The normalized spacial score (nSPS) is 18.7. The number of nitrogens with zero attached hydrogens (tertiary/aromatic N) is 2. The van der Waals surface area contributed by atoms with Gasteiger partial charge in [-0.25, -0.2) is 0 Å². The Morgan fingerprint density at radius 1 is 1.44 bits per heavy atom. The highest BCUT2D eigenvalue weighted by Crippen LogP contribution is 2.20. The highest BCUT2D eigenvalue weighted by Gasteiger charge is 2.23. The van der Waals surface area contributed by atoms with E-state index in [1.807, 2.05) is 12.1 Å². The Morgan fingerprint density at radius 3 is 2.72 bits per heavy atom. The standard InChI is InChI=1S/C13H21BrN2O2/c1-15-6-4-11(5-7-15)16(8-9-17)10-12-2-3-13(14)18-12/h2-3,11,17H,4-10H2,1H3. The van der Waals surface area contributed by atoms with E-state index in [2.05, 4.69) is 32.8 Å². The zero-order chi connectivity index (χ0) is 13.0. The second kappa shape index (κ2) is 6.70. The highest BCUT2D eigenvalue weighted by molar-refractivity contribution is 9.10. The molecule has 0 spiro atoms. The highest BCUT2D eigenvalue weighted by atomic mass is 79.9. The predicted octanol–water partition coefficient (Wildman–Crippen LogP) is 1.93. The van der Waals surface area contributed by atoms with Gasteiger partial charge in [-0.2, -0.15) is 0 Å². The van der Waals surface area contributed by atoms with E-state index in [0.717, 1.165) is 30.1 Å². The van der Waals surface area contributed by atoms with E-state index in [1.54, 1.807) is 0 Å². The molecule has 1 aromatic heterocycles. The second-order valence-corrected chi connectivity index (χ2v) is 5.72. The number of hydrogen-bond donors (Lipinski definition) is 1. The predicted molar refractivity (Wildman–Crippen MR) is 74.4 cm³/mol. The third kappa shape index (κ3) is 3.82. The van der Waals surface area contributed by atoms with Crippen LogP contribution in [0.1, 0.15) is 18.6 Å². The minimum Gasteiger partial charge on any atom is -0.453 e. The van der Waals surface area contributed by atoms with Gasteiger partial charge in [0.2, 0.25) is 0 Å². The molecule has 0 aliphatic carbocycles. The molecule has 0 unspecified atom stereocenters. The number of halogens is 1. The number of furan rings is 1. The summed E-state index contributed by atoms with van der Waals surface area (Å²) in [7, 11) is 2.16. The van der Waals surface area contributed by atoms with Crippen LogP contribution in [0.3, 0.4) is 0 Å². The fourth-order valence-electron chi connectivity index (χ4n) is 2.52. The van der Waals surface area contributed by atoms with Crippen molar-refractivity contribution in [1.82, 2.24) is 9.80 Å². The van der Waals surface area contributed by atoms with E-state index in [9.17, 15) is 5.11 Å². The molecule has 0 aromatic carbocycles. The smallest absolute Gasteiger partial charge is 0.169 e. The number of likely N-dealkylation sites (tertiary alicyclic amines) is 1. The molecule has 5 heteroatoms. The molecule has 1 fully saturated rings. The molecule has 0 radical (unpaired) electrons. The maximum Gasteiger partial charge on any atom is 0.169 e. The first-order valence-electron chi connectivity index (χ1n) is 6.46. The zero-order valence-corrected chi connectivity index (χ0v) is 12.4. The number of aliphatic hydroxyl groups excluding tert-OH is 1. The quantitative estimate of drug-likeness (QED) is 0.901. The Bertz CT molecular complexity index is 362. The van der Waals surface area contributed by atoms with Crippen LogP contribution in [0.15, 0.2) is 21.2 Å². The number of aliphatic hydroxyl groups is 1. The molecule has 1 aliphatic rings. The molecule has 2 rings (SSSR count). The van der Waals surface area contributed by atoms with Crippen LogP contribution in [-0.4, -0.2) is 54.2 Å². The summed E-state index contributed by atoms with van der Waals surface area (Å²) in [4.78, 5) is 4.69. The lowest BCUT2D eigenvalue weighted by Gasteiger charge is -2.36. The molecular formula is C13H21BrN2O2. The maximum absolute atomic E-state index is 9.21.